The normalized spacial score (nSPS) is 14.6. The van der Waals surface area contributed by atoms with E-state index in [1.54, 1.807) is 23.9 Å². The molecule has 4 heteroatoms. The summed E-state index contributed by atoms with van der Waals surface area (Å²) in [7, 11) is 0. The average Bonchev–Trinajstić information content (AvgIpc) is 2.36. The second-order valence-corrected chi connectivity index (χ2v) is 6.59. The Morgan fingerprint density at radius 3 is 2.47 bits per heavy atom. The van der Waals surface area contributed by atoms with Gasteiger partial charge < -0.3 is 10.4 Å². The molecule has 0 radical (unpaired) electrons. The highest BCUT2D eigenvalue weighted by Crippen LogP contribution is 2.21. The van der Waals surface area contributed by atoms with Gasteiger partial charge in [0.1, 0.15) is 5.82 Å². The van der Waals surface area contributed by atoms with Gasteiger partial charge in [-0.25, -0.2) is 4.39 Å². The van der Waals surface area contributed by atoms with Crippen LogP contribution in [0, 0.1) is 5.82 Å². The Labute approximate surface area is 119 Å². The summed E-state index contributed by atoms with van der Waals surface area (Å²) in [6.07, 6.45) is 1.94. The number of hydrogen-bond acceptors (Lipinski definition) is 3. The molecule has 0 saturated heterocycles. The van der Waals surface area contributed by atoms with Crippen molar-refractivity contribution >= 4 is 11.8 Å². The van der Waals surface area contributed by atoms with Crippen LogP contribution in [0.25, 0.3) is 0 Å². The fourth-order valence-corrected chi connectivity index (χ4v) is 2.93. The fourth-order valence-electron chi connectivity index (χ4n) is 2.08. The number of thioether (sulfide) groups is 1. The molecule has 2 N–H and O–H groups in total. The van der Waals surface area contributed by atoms with Crippen LogP contribution in [-0.2, 0) is 0 Å². The maximum absolute atomic E-state index is 12.8. The average molecular weight is 285 g/mol. The SMILES string of the molecule is CC(C)NC(C)(CO)CCCSc1ccc(F)cc1. The lowest BCUT2D eigenvalue weighted by atomic mass is 9.96. The molecule has 1 unspecified atom stereocenters. The second-order valence-electron chi connectivity index (χ2n) is 5.42. The summed E-state index contributed by atoms with van der Waals surface area (Å²) in [6.45, 7) is 6.37. The fraction of sp³-hybridized carbons (Fsp3) is 0.600. The molecule has 0 aliphatic rings. The maximum Gasteiger partial charge on any atom is 0.123 e. The van der Waals surface area contributed by atoms with Crippen molar-refractivity contribution in [3.63, 3.8) is 0 Å². The van der Waals surface area contributed by atoms with Crippen LogP contribution in [0.5, 0.6) is 0 Å². The van der Waals surface area contributed by atoms with Gasteiger partial charge in [0.25, 0.3) is 0 Å². The molecule has 0 amide bonds. The Morgan fingerprint density at radius 2 is 1.95 bits per heavy atom. The third kappa shape index (κ3) is 6.41. The van der Waals surface area contributed by atoms with Gasteiger partial charge in [-0.15, -0.1) is 11.8 Å². The van der Waals surface area contributed by atoms with Gasteiger partial charge in [-0.1, -0.05) is 13.8 Å². The van der Waals surface area contributed by atoms with Crippen LogP contribution in [0.15, 0.2) is 29.2 Å². The number of nitrogens with one attached hydrogen (secondary N) is 1. The van der Waals surface area contributed by atoms with Gasteiger partial charge in [0.2, 0.25) is 0 Å². The molecule has 19 heavy (non-hydrogen) atoms. The van der Waals surface area contributed by atoms with Gasteiger partial charge in [0, 0.05) is 16.5 Å². The molecule has 0 aliphatic carbocycles. The predicted octanol–water partition coefficient (Wildman–Crippen LogP) is 3.45. The van der Waals surface area contributed by atoms with Gasteiger partial charge in [-0.2, -0.15) is 0 Å². The van der Waals surface area contributed by atoms with E-state index >= 15 is 0 Å². The molecule has 0 spiro atoms. The van der Waals surface area contributed by atoms with Gasteiger partial charge in [0.05, 0.1) is 6.61 Å². The lowest BCUT2D eigenvalue weighted by molar-refractivity contribution is 0.156. The topological polar surface area (TPSA) is 32.3 Å². The maximum atomic E-state index is 12.8. The summed E-state index contributed by atoms with van der Waals surface area (Å²) in [4.78, 5) is 1.09. The molecule has 1 aromatic carbocycles. The lowest BCUT2D eigenvalue weighted by Gasteiger charge is -2.31. The van der Waals surface area contributed by atoms with Crippen molar-refractivity contribution in [1.82, 2.24) is 5.32 Å². The molecule has 0 fully saturated rings. The Morgan fingerprint density at radius 1 is 1.32 bits per heavy atom. The van der Waals surface area contributed by atoms with E-state index in [9.17, 15) is 9.50 Å². The molecule has 0 bridgehead atoms. The molecule has 0 saturated carbocycles. The predicted molar refractivity (Wildman–Crippen MR) is 80.1 cm³/mol. The van der Waals surface area contributed by atoms with Gasteiger partial charge >= 0.3 is 0 Å². The van der Waals surface area contributed by atoms with E-state index in [1.807, 2.05) is 0 Å². The Balaban J connectivity index is 2.31. The van der Waals surface area contributed by atoms with Crippen LogP contribution in [-0.4, -0.2) is 29.0 Å². The van der Waals surface area contributed by atoms with Gasteiger partial charge in [0.15, 0.2) is 0 Å². The monoisotopic (exact) mass is 285 g/mol. The minimum atomic E-state index is -0.211. The molecule has 0 aromatic heterocycles. The summed E-state index contributed by atoms with van der Waals surface area (Å²) in [5.41, 5.74) is -0.211. The van der Waals surface area contributed by atoms with Crippen LogP contribution >= 0.6 is 11.8 Å². The summed E-state index contributed by atoms with van der Waals surface area (Å²) in [5, 5.41) is 12.9. The molecule has 1 atom stereocenters. The molecular formula is C15H24FNOS. The summed E-state index contributed by atoms with van der Waals surface area (Å²) in [6, 6.07) is 6.94. The van der Waals surface area contributed by atoms with Crippen LogP contribution in [0.2, 0.25) is 0 Å². The lowest BCUT2D eigenvalue weighted by Crippen LogP contribution is -2.49. The first-order valence-corrected chi connectivity index (χ1v) is 7.71. The minimum absolute atomic E-state index is 0.145. The zero-order valence-corrected chi connectivity index (χ0v) is 12.8. The van der Waals surface area contributed by atoms with Crippen molar-refractivity contribution in [3.8, 4) is 0 Å². The van der Waals surface area contributed by atoms with Crippen LogP contribution < -0.4 is 5.32 Å². The summed E-state index contributed by atoms with van der Waals surface area (Å²) in [5.74, 6) is 0.777. The van der Waals surface area contributed by atoms with Crippen molar-refractivity contribution in [1.29, 1.82) is 0 Å². The number of halogens is 1. The van der Waals surface area contributed by atoms with Crippen molar-refractivity contribution in [2.24, 2.45) is 0 Å². The number of rotatable bonds is 8. The molecule has 0 heterocycles. The van der Waals surface area contributed by atoms with Crippen LogP contribution in [0.3, 0.4) is 0 Å². The molecule has 0 aliphatic heterocycles. The van der Waals surface area contributed by atoms with E-state index in [4.69, 9.17) is 0 Å². The molecular weight excluding hydrogens is 261 g/mol. The van der Waals surface area contributed by atoms with Crippen molar-refractivity contribution in [2.75, 3.05) is 12.4 Å². The largest absolute Gasteiger partial charge is 0.394 e. The quantitative estimate of drug-likeness (QED) is 0.567. The van der Waals surface area contributed by atoms with Crippen molar-refractivity contribution in [3.05, 3.63) is 30.1 Å². The van der Waals surface area contributed by atoms with Gasteiger partial charge in [-0.05, 0) is 49.8 Å². The van der Waals surface area contributed by atoms with Crippen molar-refractivity contribution < 1.29 is 9.50 Å². The first kappa shape index (κ1) is 16.5. The third-order valence-corrected chi connectivity index (χ3v) is 4.04. The van der Waals surface area contributed by atoms with Gasteiger partial charge in [-0.3, -0.25) is 0 Å². The van der Waals surface area contributed by atoms with E-state index in [2.05, 4.69) is 26.1 Å². The van der Waals surface area contributed by atoms with Crippen LogP contribution in [0.4, 0.5) is 4.39 Å². The molecule has 108 valence electrons. The zero-order valence-electron chi connectivity index (χ0n) is 11.9. The smallest absolute Gasteiger partial charge is 0.123 e. The van der Waals surface area contributed by atoms with E-state index in [-0.39, 0.29) is 18.0 Å². The van der Waals surface area contributed by atoms with Crippen LogP contribution in [0.1, 0.15) is 33.6 Å². The molecule has 1 rings (SSSR count). The first-order valence-electron chi connectivity index (χ1n) is 6.72. The number of aliphatic hydroxyl groups excluding tert-OH is 1. The minimum Gasteiger partial charge on any atom is -0.394 e. The van der Waals surface area contributed by atoms with E-state index in [0.717, 1.165) is 23.5 Å². The Hall–Kier alpha value is -0.580. The second kappa shape index (κ2) is 7.88. The van der Waals surface area contributed by atoms with E-state index in [0.29, 0.717) is 6.04 Å². The van der Waals surface area contributed by atoms with E-state index < -0.39 is 0 Å². The number of benzene rings is 1. The number of hydrogen-bond donors (Lipinski definition) is 2. The first-order chi connectivity index (χ1) is 8.95. The molecule has 1 aromatic rings. The van der Waals surface area contributed by atoms with E-state index in [1.165, 1.54) is 12.1 Å². The summed E-state index contributed by atoms with van der Waals surface area (Å²) < 4.78 is 12.8. The Bertz CT molecular complexity index is 369. The zero-order chi connectivity index (χ0) is 14.3. The highest BCUT2D eigenvalue weighted by Gasteiger charge is 2.22. The summed E-state index contributed by atoms with van der Waals surface area (Å²) >= 11 is 1.72. The number of aliphatic hydroxyl groups is 1. The highest BCUT2D eigenvalue weighted by molar-refractivity contribution is 7.99. The molecule has 2 nitrogen and oxygen atoms in total. The third-order valence-electron chi connectivity index (χ3n) is 2.94. The standard InChI is InChI=1S/C15H24FNOS/c1-12(2)17-15(3,11-18)9-4-10-19-14-7-5-13(16)6-8-14/h5-8,12,17-18H,4,9-11H2,1-3H3. The van der Waals surface area contributed by atoms with Crippen molar-refractivity contribution in [2.45, 2.75) is 50.1 Å². The highest BCUT2D eigenvalue weighted by atomic mass is 32.2. The Kier molecular flexibility index (Phi) is 6.83.